The van der Waals surface area contributed by atoms with Crippen LogP contribution in [0.2, 0.25) is 10.0 Å². The quantitative estimate of drug-likeness (QED) is 0.557. The number of methoxy groups -OCH3 is 1. The first-order valence-electron chi connectivity index (χ1n) is 7.49. The summed E-state index contributed by atoms with van der Waals surface area (Å²) >= 11 is 14.3. The van der Waals surface area contributed by atoms with Gasteiger partial charge in [-0.3, -0.25) is 0 Å². The molecule has 0 bridgehead atoms. The average Bonchev–Trinajstić information content (AvgIpc) is 2.53. The molecule has 2 nitrogen and oxygen atoms in total. The van der Waals surface area contributed by atoms with E-state index in [0.29, 0.717) is 16.1 Å². The van der Waals surface area contributed by atoms with E-state index < -0.39 is 0 Å². The fourth-order valence-electron chi connectivity index (χ4n) is 2.39. The number of halogens is 3. The average molecular weight is 464 g/mol. The maximum atomic E-state index is 6.04. The van der Waals surface area contributed by atoms with Crippen molar-refractivity contribution in [2.24, 2.45) is 0 Å². The standard InChI is InChI=1S/C18H20Cl2INO/c1-12(9-14-11-15(23-2)4-6-18(14)21)22-8-7-13-3-5-16(19)17(20)10-13/h3-6,10-12,22H,7-9H2,1-2H3. The van der Waals surface area contributed by atoms with Crippen molar-refractivity contribution in [3.8, 4) is 5.75 Å². The maximum absolute atomic E-state index is 6.04. The van der Waals surface area contributed by atoms with E-state index in [4.69, 9.17) is 27.9 Å². The fourth-order valence-corrected chi connectivity index (χ4v) is 3.27. The van der Waals surface area contributed by atoms with Crippen LogP contribution in [0.25, 0.3) is 0 Å². The predicted octanol–water partition coefficient (Wildman–Crippen LogP) is 5.37. The Morgan fingerprint density at radius 2 is 1.91 bits per heavy atom. The molecule has 0 spiro atoms. The van der Waals surface area contributed by atoms with Gasteiger partial charge in [0, 0.05) is 9.61 Å². The SMILES string of the molecule is COc1ccc(I)c(CC(C)NCCc2ccc(Cl)c(Cl)c2)c1. The van der Waals surface area contributed by atoms with E-state index in [1.54, 1.807) is 7.11 Å². The van der Waals surface area contributed by atoms with E-state index >= 15 is 0 Å². The minimum absolute atomic E-state index is 0.387. The highest BCUT2D eigenvalue weighted by Crippen LogP contribution is 2.23. The minimum Gasteiger partial charge on any atom is -0.497 e. The molecule has 2 rings (SSSR count). The van der Waals surface area contributed by atoms with Crippen molar-refractivity contribution >= 4 is 45.8 Å². The molecule has 5 heteroatoms. The first-order chi connectivity index (χ1) is 11.0. The highest BCUT2D eigenvalue weighted by Gasteiger charge is 2.08. The molecule has 1 atom stereocenters. The van der Waals surface area contributed by atoms with Crippen LogP contribution in [0.3, 0.4) is 0 Å². The zero-order valence-electron chi connectivity index (χ0n) is 13.2. The molecule has 0 amide bonds. The lowest BCUT2D eigenvalue weighted by molar-refractivity contribution is 0.413. The van der Waals surface area contributed by atoms with Crippen LogP contribution in [0.5, 0.6) is 5.75 Å². The van der Waals surface area contributed by atoms with Gasteiger partial charge in [0.15, 0.2) is 0 Å². The Balaban J connectivity index is 1.85. The lowest BCUT2D eigenvalue weighted by Gasteiger charge is -2.16. The van der Waals surface area contributed by atoms with Gasteiger partial charge in [-0.2, -0.15) is 0 Å². The smallest absolute Gasteiger partial charge is 0.119 e. The second kappa shape index (κ2) is 9.11. The van der Waals surface area contributed by atoms with E-state index in [0.717, 1.165) is 25.1 Å². The van der Waals surface area contributed by atoms with Crippen molar-refractivity contribution in [3.05, 3.63) is 61.1 Å². The van der Waals surface area contributed by atoms with Crippen LogP contribution in [0, 0.1) is 3.57 Å². The molecule has 0 fully saturated rings. The number of rotatable bonds is 7. The number of hydrogen-bond acceptors (Lipinski definition) is 2. The molecule has 1 unspecified atom stereocenters. The van der Waals surface area contributed by atoms with Gasteiger partial charge in [0.1, 0.15) is 5.75 Å². The van der Waals surface area contributed by atoms with Crippen molar-refractivity contribution in [2.75, 3.05) is 13.7 Å². The summed E-state index contributed by atoms with van der Waals surface area (Å²) in [6.45, 7) is 3.10. The highest BCUT2D eigenvalue weighted by molar-refractivity contribution is 14.1. The third-order valence-electron chi connectivity index (χ3n) is 3.67. The zero-order chi connectivity index (χ0) is 16.8. The normalized spacial score (nSPS) is 12.2. The van der Waals surface area contributed by atoms with Crippen LogP contribution in [-0.2, 0) is 12.8 Å². The topological polar surface area (TPSA) is 21.3 Å². The van der Waals surface area contributed by atoms with E-state index in [-0.39, 0.29) is 0 Å². The van der Waals surface area contributed by atoms with E-state index in [1.807, 2.05) is 24.3 Å². The summed E-state index contributed by atoms with van der Waals surface area (Å²) in [6, 6.07) is 12.4. The molecule has 0 heterocycles. The number of benzene rings is 2. The first-order valence-corrected chi connectivity index (χ1v) is 9.32. The molecular formula is C18H20Cl2INO. The molecule has 0 saturated carbocycles. The van der Waals surface area contributed by atoms with Crippen LogP contribution >= 0.6 is 45.8 Å². The van der Waals surface area contributed by atoms with Crippen LogP contribution in [0.15, 0.2) is 36.4 Å². The van der Waals surface area contributed by atoms with Crippen LogP contribution < -0.4 is 10.1 Å². The largest absolute Gasteiger partial charge is 0.497 e. The summed E-state index contributed by atoms with van der Waals surface area (Å²) in [4.78, 5) is 0. The molecule has 23 heavy (non-hydrogen) atoms. The van der Waals surface area contributed by atoms with Crippen molar-refractivity contribution in [2.45, 2.75) is 25.8 Å². The summed E-state index contributed by atoms with van der Waals surface area (Å²) in [5.41, 5.74) is 2.49. The van der Waals surface area contributed by atoms with Gasteiger partial charge in [-0.1, -0.05) is 29.3 Å². The molecule has 1 N–H and O–H groups in total. The zero-order valence-corrected chi connectivity index (χ0v) is 16.9. The molecule has 0 aliphatic heterocycles. The van der Waals surface area contributed by atoms with E-state index in [2.05, 4.69) is 47.0 Å². The van der Waals surface area contributed by atoms with Crippen LogP contribution in [-0.4, -0.2) is 19.7 Å². The Labute approximate surface area is 161 Å². The van der Waals surface area contributed by atoms with Gasteiger partial charge in [0.25, 0.3) is 0 Å². The molecular weight excluding hydrogens is 444 g/mol. The third kappa shape index (κ3) is 5.82. The molecule has 2 aromatic carbocycles. The van der Waals surface area contributed by atoms with Crippen molar-refractivity contribution in [1.29, 1.82) is 0 Å². The molecule has 124 valence electrons. The fraction of sp³-hybridized carbons (Fsp3) is 0.333. The highest BCUT2D eigenvalue weighted by atomic mass is 127. The van der Waals surface area contributed by atoms with E-state index in [9.17, 15) is 0 Å². The van der Waals surface area contributed by atoms with Gasteiger partial charge in [-0.15, -0.1) is 0 Å². The van der Waals surface area contributed by atoms with Crippen LogP contribution in [0.1, 0.15) is 18.1 Å². The lowest BCUT2D eigenvalue weighted by atomic mass is 10.1. The minimum atomic E-state index is 0.387. The van der Waals surface area contributed by atoms with Gasteiger partial charge >= 0.3 is 0 Å². The van der Waals surface area contributed by atoms with Crippen molar-refractivity contribution in [1.82, 2.24) is 5.32 Å². The van der Waals surface area contributed by atoms with Gasteiger partial charge in [-0.05, 0) is 90.4 Å². The Morgan fingerprint density at radius 3 is 2.61 bits per heavy atom. The molecule has 0 aliphatic rings. The lowest BCUT2D eigenvalue weighted by Crippen LogP contribution is -2.30. The maximum Gasteiger partial charge on any atom is 0.119 e. The van der Waals surface area contributed by atoms with Gasteiger partial charge in [0.2, 0.25) is 0 Å². The molecule has 2 aromatic rings. The second-order valence-corrected chi connectivity index (χ2v) is 7.49. The Hall–Kier alpha value is -0.490. The number of nitrogens with one attached hydrogen (secondary N) is 1. The molecule has 0 aromatic heterocycles. The third-order valence-corrected chi connectivity index (χ3v) is 5.46. The first kappa shape index (κ1) is 18.8. The monoisotopic (exact) mass is 463 g/mol. The van der Waals surface area contributed by atoms with Gasteiger partial charge in [0.05, 0.1) is 17.2 Å². The summed E-state index contributed by atoms with van der Waals surface area (Å²) in [6.07, 6.45) is 1.90. The number of hydrogen-bond donors (Lipinski definition) is 1. The van der Waals surface area contributed by atoms with Gasteiger partial charge < -0.3 is 10.1 Å². The van der Waals surface area contributed by atoms with Gasteiger partial charge in [-0.25, -0.2) is 0 Å². The van der Waals surface area contributed by atoms with Crippen molar-refractivity contribution < 1.29 is 4.74 Å². The summed E-state index contributed by atoms with van der Waals surface area (Å²) in [5.74, 6) is 0.906. The molecule has 0 saturated heterocycles. The summed E-state index contributed by atoms with van der Waals surface area (Å²) in [5, 5.41) is 4.77. The Bertz CT molecular complexity index is 663. The van der Waals surface area contributed by atoms with Crippen LogP contribution in [0.4, 0.5) is 0 Å². The number of ether oxygens (including phenoxy) is 1. The van der Waals surface area contributed by atoms with E-state index in [1.165, 1.54) is 14.7 Å². The molecule has 0 radical (unpaired) electrons. The summed E-state index contributed by atoms with van der Waals surface area (Å²) in [7, 11) is 1.70. The Morgan fingerprint density at radius 1 is 1.13 bits per heavy atom. The van der Waals surface area contributed by atoms with Crippen molar-refractivity contribution in [3.63, 3.8) is 0 Å². The molecule has 0 aliphatic carbocycles. The Kier molecular flexibility index (Phi) is 7.47. The predicted molar refractivity (Wildman–Crippen MR) is 107 cm³/mol. The second-order valence-electron chi connectivity index (χ2n) is 5.52. The summed E-state index contributed by atoms with van der Waals surface area (Å²) < 4.78 is 6.57.